The Morgan fingerprint density at radius 1 is 1.07 bits per heavy atom. The van der Waals surface area contributed by atoms with Gasteiger partial charge in [0.25, 0.3) is 0 Å². The molecule has 0 radical (unpaired) electrons. The zero-order chi connectivity index (χ0) is 20.9. The van der Waals surface area contributed by atoms with Gasteiger partial charge in [0, 0.05) is 41.8 Å². The van der Waals surface area contributed by atoms with E-state index in [-0.39, 0.29) is 5.91 Å². The molecule has 1 aromatic carbocycles. The molecule has 1 fully saturated rings. The molecular weight excluding hydrogens is 416 g/mol. The highest BCUT2D eigenvalue weighted by Crippen LogP contribution is 2.36. The highest BCUT2D eigenvalue weighted by Gasteiger charge is 2.23. The van der Waals surface area contributed by atoms with Crippen molar-refractivity contribution in [1.82, 2.24) is 4.90 Å². The summed E-state index contributed by atoms with van der Waals surface area (Å²) in [5, 5.41) is 14.2. The second-order valence-electron chi connectivity index (χ2n) is 8.02. The van der Waals surface area contributed by atoms with E-state index in [2.05, 4.69) is 21.2 Å². The van der Waals surface area contributed by atoms with Crippen LogP contribution < -0.4 is 10.2 Å². The van der Waals surface area contributed by atoms with Crippen LogP contribution in [0, 0.1) is 11.3 Å². The van der Waals surface area contributed by atoms with Gasteiger partial charge >= 0.3 is 0 Å². The van der Waals surface area contributed by atoms with Crippen molar-refractivity contribution in [2.45, 2.75) is 38.5 Å². The van der Waals surface area contributed by atoms with Crippen LogP contribution in [0.4, 0.5) is 10.7 Å². The van der Waals surface area contributed by atoms with Crippen LogP contribution in [-0.2, 0) is 17.6 Å². The highest BCUT2D eigenvalue weighted by atomic mass is 35.5. The van der Waals surface area contributed by atoms with Crippen molar-refractivity contribution in [2.24, 2.45) is 0 Å². The number of anilines is 2. The molecular formula is C23H27ClN4OS. The van der Waals surface area contributed by atoms with Gasteiger partial charge in [0.05, 0.1) is 12.1 Å². The molecule has 1 aromatic heterocycles. The van der Waals surface area contributed by atoms with Crippen LogP contribution >= 0.6 is 22.9 Å². The van der Waals surface area contributed by atoms with Crippen molar-refractivity contribution in [3.05, 3.63) is 45.3 Å². The predicted octanol–water partition coefficient (Wildman–Crippen LogP) is 4.69. The molecule has 1 N–H and O–H groups in total. The quantitative estimate of drug-likeness (QED) is 0.745. The molecule has 2 heterocycles. The normalized spacial score (nSPS) is 17.5. The SMILES string of the molecule is N#Cc1c(NC(=O)CN2CCN(c3ccc(Cl)cc3)CC2)sc2c1CCCCCC2. The predicted molar refractivity (Wildman–Crippen MR) is 124 cm³/mol. The van der Waals surface area contributed by atoms with Gasteiger partial charge in [0.2, 0.25) is 5.91 Å². The van der Waals surface area contributed by atoms with E-state index in [4.69, 9.17) is 11.6 Å². The third kappa shape index (κ3) is 4.97. The minimum atomic E-state index is -0.0272. The van der Waals surface area contributed by atoms with Crippen LogP contribution in [0.25, 0.3) is 0 Å². The van der Waals surface area contributed by atoms with Crippen LogP contribution in [0.1, 0.15) is 41.7 Å². The number of thiophene rings is 1. The van der Waals surface area contributed by atoms with Gasteiger partial charge in [-0.3, -0.25) is 9.69 Å². The first-order valence-corrected chi connectivity index (χ1v) is 11.9. The van der Waals surface area contributed by atoms with Gasteiger partial charge in [-0.1, -0.05) is 24.4 Å². The number of aryl methyl sites for hydroxylation is 1. The maximum Gasteiger partial charge on any atom is 0.239 e. The van der Waals surface area contributed by atoms with E-state index in [1.807, 2.05) is 24.3 Å². The van der Waals surface area contributed by atoms with E-state index in [0.717, 1.165) is 61.2 Å². The summed E-state index contributed by atoms with van der Waals surface area (Å²) in [5.41, 5.74) is 3.03. The Hall–Kier alpha value is -2.07. The van der Waals surface area contributed by atoms with E-state index in [1.54, 1.807) is 11.3 Å². The fourth-order valence-electron chi connectivity index (χ4n) is 4.31. The maximum atomic E-state index is 12.7. The van der Waals surface area contributed by atoms with Gasteiger partial charge in [-0.15, -0.1) is 11.3 Å². The van der Waals surface area contributed by atoms with Gasteiger partial charge in [0.1, 0.15) is 11.1 Å². The molecule has 1 aliphatic carbocycles. The van der Waals surface area contributed by atoms with Crippen LogP contribution in [0.5, 0.6) is 0 Å². The van der Waals surface area contributed by atoms with E-state index >= 15 is 0 Å². The Morgan fingerprint density at radius 2 is 1.77 bits per heavy atom. The first-order valence-electron chi connectivity index (χ1n) is 10.7. The summed E-state index contributed by atoms with van der Waals surface area (Å²) >= 11 is 7.58. The Morgan fingerprint density at radius 3 is 2.47 bits per heavy atom. The molecule has 7 heteroatoms. The number of nitrogens with zero attached hydrogens (tertiary/aromatic N) is 3. The summed E-state index contributed by atoms with van der Waals surface area (Å²) in [6, 6.07) is 10.3. The third-order valence-electron chi connectivity index (χ3n) is 5.97. The lowest BCUT2D eigenvalue weighted by Crippen LogP contribution is -2.48. The molecule has 0 spiro atoms. The fraction of sp³-hybridized carbons (Fsp3) is 0.478. The lowest BCUT2D eigenvalue weighted by molar-refractivity contribution is -0.117. The Balaban J connectivity index is 1.34. The smallest absolute Gasteiger partial charge is 0.239 e. The van der Waals surface area contributed by atoms with E-state index in [1.165, 1.54) is 29.7 Å². The standard InChI is InChI=1S/C23H27ClN4OS/c24-17-7-9-18(10-8-17)28-13-11-27(12-14-28)16-22(29)26-23-20(15-25)19-5-3-1-2-4-6-21(19)30-23/h7-10H,1-6,11-14,16H2,(H,26,29). The molecule has 2 aliphatic rings. The molecule has 4 rings (SSSR count). The van der Waals surface area contributed by atoms with Gasteiger partial charge in [-0.05, 0) is 55.5 Å². The summed E-state index contributed by atoms with van der Waals surface area (Å²) in [5.74, 6) is -0.0272. The number of fused-ring (bicyclic) bond motifs is 1. The topological polar surface area (TPSA) is 59.4 Å². The third-order valence-corrected chi connectivity index (χ3v) is 7.43. The van der Waals surface area contributed by atoms with E-state index in [0.29, 0.717) is 12.1 Å². The number of carbonyl (C=O) groups is 1. The van der Waals surface area contributed by atoms with Crippen molar-refractivity contribution in [1.29, 1.82) is 5.26 Å². The number of benzene rings is 1. The number of piperazine rings is 1. The first kappa shape index (κ1) is 21.2. The van der Waals surface area contributed by atoms with Gasteiger partial charge in [0.15, 0.2) is 0 Å². The lowest BCUT2D eigenvalue weighted by Gasteiger charge is -2.35. The number of hydrogen-bond acceptors (Lipinski definition) is 5. The molecule has 1 saturated heterocycles. The second kappa shape index (κ2) is 9.82. The van der Waals surface area contributed by atoms with E-state index in [9.17, 15) is 10.1 Å². The summed E-state index contributed by atoms with van der Waals surface area (Å²) in [6.07, 6.45) is 6.76. The molecule has 30 heavy (non-hydrogen) atoms. The molecule has 1 aliphatic heterocycles. The Bertz CT molecular complexity index is 926. The Labute approximate surface area is 187 Å². The number of hydrogen-bond donors (Lipinski definition) is 1. The zero-order valence-corrected chi connectivity index (χ0v) is 18.7. The van der Waals surface area contributed by atoms with Crippen LogP contribution in [-0.4, -0.2) is 43.5 Å². The molecule has 158 valence electrons. The number of nitrogens with one attached hydrogen (secondary N) is 1. The molecule has 0 unspecified atom stereocenters. The summed E-state index contributed by atoms with van der Waals surface area (Å²) < 4.78 is 0. The molecule has 5 nitrogen and oxygen atoms in total. The van der Waals surface area contributed by atoms with Crippen molar-refractivity contribution in [2.75, 3.05) is 42.9 Å². The number of rotatable bonds is 4. The molecule has 0 bridgehead atoms. The first-order chi connectivity index (χ1) is 14.6. The maximum absolute atomic E-state index is 12.7. The number of halogens is 1. The number of amides is 1. The van der Waals surface area contributed by atoms with Crippen LogP contribution in [0.3, 0.4) is 0 Å². The van der Waals surface area contributed by atoms with Crippen LogP contribution in [0.15, 0.2) is 24.3 Å². The average Bonchev–Trinajstić information content (AvgIpc) is 3.04. The second-order valence-corrected chi connectivity index (χ2v) is 9.56. The minimum absolute atomic E-state index is 0.0272. The number of nitriles is 1. The number of carbonyl (C=O) groups excluding carboxylic acids is 1. The van der Waals surface area contributed by atoms with Crippen LogP contribution in [0.2, 0.25) is 5.02 Å². The van der Waals surface area contributed by atoms with Crippen molar-refractivity contribution < 1.29 is 4.79 Å². The van der Waals surface area contributed by atoms with E-state index < -0.39 is 0 Å². The average molecular weight is 443 g/mol. The monoisotopic (exact) mass is 442 g/mol. The summed E-state index contributed by atoms with van der Waals surface area (Å²) in [7, 11) is 0. The van der Waals surface area contributed by atoms with Gasteiger partial charge in [-0.25, -0.2) is 0 Å². The molecule has 0 saturated carbocycles. The lowest BCUT2D eigenvalue weighted by atomic mass is 9.97. The minimum Gasteiger partial charge on any atom is -0.369 e. The molecule has 2 aromatic rings. The largest absolute Gasteiger partial charge is 0.369 e. The molecule has 0 atom stereocenters. The van der Waals surface area contributed by atoms with Crippen molar-refractivity contribution >= 4 is 39.5 Å². The fourth-order valence-corrected chi connectivity index (χ4v) is 5.69. The summed E-state index contributed by atoms with van der Waals surface area (Å²) in [4.78, 5) is 18.5. The zero-order valence-electron chi connectivity index (χ0n) is 17.1. The van der Waals surface area contributed by atoms with Crippen molar-refractivity contribution in [3.63, 3.8) is 0 Å². The van der Waals surface area contributed by atoms with Gasteiger partial charge < -0.3 is 10.2 Å². The highest BCUT2D eigenvalue weighted by molar-refractivity contribution is 7.16. The van der Waals surface area contributed by atoms with Crippen molar-refractivity contribution in [3.8, 4) is 6.07 Å². The molecule has 1 amide bonds. The van der Waals surface area contributed by atoms with Gasteiger partial charge in [-0.2, -0.15) is 5.26 Å². The summed E-state index contributed by atoms with van der Waals surface area (Å²) in [6.45, 7) is 3.80. The Kier molecular flexibility index (Phi) is 6.93.